The van der Waals surface area contributed by atoms with E-state index in [1.807, 2.05) is 25.2 Å². The smallest absolute Gasteiger partial charge is 0.400 e. The van der Waals surface area contributed by atoms with Gasteiger partial charge in [-0.25, -0.2) is 0 Å². The third-order valence-corrected chi connectivity index (χ3v) is 5.15. The zero-order valence-electron chi connectivity index (χ0n) is 15.5. The molecule has 0 aliphatic carbocycles. The monoisotopic (exact) mass is 340 g/mol. The molecule has 25 heavy (non-hydrogen) atoms. The molecule has 1 fully saturated rings. The molecule has 1 aliphatic heterocycles. The molecule has 2 aromatic rings. The van der Waals surface area contributed by atoms with Gasteiger partial charge in [0.05, 0.1) is 11.2 Å². The summed E-state index contributed by atoms with van der Waals surface area (Å²) >= 11 is 0. The predicted octanol–water partition coefficient (Wildman–Crippen LogP) is 3.21. The lowest BCUT2D eigenvalue weighted by Crippen LogP contribution is -2.41. The second-order valence-electron chi connectivity index (χ2n) is 7.50. The Bertz CT molecular complexity index is 807. The Balaban J connectivity index is 1.94. The first-order valence-electron chi connectivity index (χ1n) is 8.54. The van der Waals surface area contributed by atoms with E-state index in [1.165, 1.54) is 0 Å². The first kappa shape index (κ1) is 17.9. The average Bonchev–Trinajstić information content (AvgIpc) is 3.04. The maximum absolute atomic E-state index is 11.1. The maximum Gasteiger partial charge on any atom is 0.491 e. The molecule has 0 amide bonds. The molecule has 2 heterocycles. The van der Waals surface area contributed by atoms with Crippen molar-refractivity contribution in [2.45, 2.75) is 38.9 Å². The molecule has 132 valence electrons. The molecular weight excluding hydrogens is 315 g/mol. The van der Waals surface area contributed by atoms with Gasteiger partial charge in [-0.1, -0.05) is 18.2 Å². The standard InChI is InChI=1S/C19H25BN2O3/c1-18(2)19(3,4)25-20(24-18)15(11-21-5)8-13-6-7-16-14(12-23)10-22-17(16)9-13/h6-10,12,21-22H,11H2,1-5H3. The van der Waals surface area contributed by atoms with E-state index in [0.29, 0.717) is 12.1 Å². The highest BCUT2D eigenvalue weighted by Crippen LogP contribution is 2.38. The molecule has 5 nitrogen and oxygen atoms in total. The van der Waals surface area contributed by atoms with E-state index in [0.717, 1.165) is 28.2 Å². The zero-order valence-corrected chi connectivity index (χ0v) is 15.5. The molecule has 0 spiro atoms. The Morgan fingerprint density at radius 1 is 1.24 bits per heavy atom. The lowest BCUT2D eigenvalue weighted by Gasteiger charge is -2.32. The Morgan fingerprint density at radius 2 is 1.92 bits per heavy atom. The van der Waals surface area contributed by atoms with Crippen molar-refractivity contribution in [3.63, 3.8) is 0 Å². The van der Waals surface area contributed by atoms with Crippen LogP contribution in [-0.2, 0) is 9.31 Å². The summed E-state index contributed by atoms with van der Waals surface area (Å²) in [5.41, 5.74) is 2.94. The van der Waals surface area contributed by atoms with Crippen LogP contribution < -0.4 is 5.32 Å². The largest absolute Gasteiger partial charge is 0.491 e. The normalized spacial score (nSPS) is 19.6. The van der Waals surface area contributed by atoms with Crippen molar-refractivity contribution >= 4 is 30.4 Å². The number of hydrogen-bond acceptors (Lipinski definition) is 4. The van der Waals surface area contributed by atoms with Gasteiger partial charge in [0.25, 0.3) is 0 Å². The second kappa shape index (κ2) is 6.44. The number of nitrogens with one attached hydrogen (secondary N) is 2. The molecule has 2 N–H and O–H groups in total. The zero-order chi connectivity index (χ0) is 18.2. The van der Waals surface area contributed by atoms with Gasteiger partial charge >= 0.3 is 7.12 Å². The van der Waals surface area contributed by atoms with Gasteiger partial charge in [0.15, 0.2) is 6.29 Å². The summed E-state index contributed by atoms with van der Waals surface area (Å²) in [5.74, 6) is 0. The molecule has 0 bridgehead atoms. The molecule has 1 aromatic heterocycles. The Labute approximate surface area is 148 Å². The van der Waals surface area contributed by atoms with Crippen molar-refractivity contribution in [3.8, 4) is 0 Å². The SMILES string of the molecule is CNCC(=Cc1ccc2c(C=O)c[nH]c2c1)B1OC(C)(C)C(C)(C)O1. The second-order valence-corrected chi connectivity index (χ2v) is 7.50. The number of fused-ring (bicyclic) bond motifs is 1. The van der Waals surface area contributed by atoms with Gasteiger partial charge in [-0.2, -0.15) is 0 Å². The number of H-pyrrole nitrogens is 1. The fourth-order valence-electron chi connectivity index (χ4n) is 2.97. The number of rotatable bonds is 5. The first-order valence-corrected chi connectivity index (χ1v) is 8.54. The highest BCUT2D eigenvalue weighted by molar-refractivity contribution is 6.55. The molecule has 0 unspecified atom stereocenters. The molecular formula is C19H25BN2O3. The van der Waals surface area contributed by atoms with Crippen LogP contribution >= 0.6 is 0 Å². The topological polar surface area (TPSA) is 63.4 Å². The summed E-state index contributed by atoms with van der Waals surface area (Å²) in [6, 6.07) is 6.00. The molecule has 6 heteroatoms. The van der Waals surface area contributed by atoms with Crippen molar-refractivity contribution in [1.82, 2.24) is 10.3 Å². The van der Waals surface area contributed by atoms with E-state index < -0.39 is 0 Å². The van der Waals surface area contributed by atoms with Crippen LogP contribution in [0.4, 0.5) is 0 Å². The number of carbonyl (C=O) groups excluding carboxylic acids is 1. The van der Waals surface area contributed by atoms with Crippen molar-refractivity contribution in [2.75, 3.05) is 13.6 Å². The van der Waals surface area contributed by atoms with Crippen LogP contribution in [0.3, 0.4) is 0 Å². The minimum atomic E-state index is -0.387. The fraction of sp³-hybridized carbons (Fsp3) is 0.421. The molecule has 0 radical (unpaired) electrons. The van der Waals surface area contributed by atoms with Gasteiger partial charge < -0.3 is 19.6 Å². The Kier molecular flexibility index (Phi) is 4.62. The van der Waals surface area contributed by atoms with Gasteiger partial charge in [0, 0.05) is 29.2 Å². The van der Waals surface area contributed by atoms with E-state index in [9.17, 15) is 4.79 Å². The Morgan fingerprint density at radius 3 is 2.52 bits per heavy atom. The van der Waals surface area contributed by atoms with Gasteiger partial charge in [-0.3, -0.25) is 4.79 Å². The number of benzene rings is 1. The van der Waals surface area contributed by atoms with E-state index in [4.69, 9.17) is 9.31 Å². The van der Waals surface area contributed by atoms with E-state index in [1.54, 1.807) is 6.20 Å². The van der Waals surface area contributed by atoms with Crippen LogP contribution in [0, 0.1) is 0 Å². The van der Waals surface area contributed by atoms with Crippen LogP contribution in [0.1, 0.15) is 43.6 Å². The summed E-state index contributed by atoms with van der Waals surface area (Å²) in [7, 11) is 1.52. The molecule has 3 rings (SSSR count). The summed E-state index contributed by atoms with van der Waals surface area (Å²) in [6.07, 6.45) is 4.68. The lowest BCUT2D eigenvalue weighted by atomic mass is 9.77. The van der Waals surface area contributed by atoms with Gasteiger partial charge in [-0.05, 0) is 51.8 Å². The lowest BCUT2D eigenvalue weighted by molar-refractivity contribution is 0.00578. The number of aromatic amines is 1. The molecule has 1 aliphatic rings. The van der Waals surface area contributed by atoms with Crippen LogP contribution in [0.25, 0.3) is 17.0 Å². The maximum atomic E-state index is 11.1. The van der Waals surface area contributed by atoms with Crippen molar-refractivity contribution in [1.29, 1.82) is 0 Å². The first-order chi connectivity index (χ1) is 11.8. The number of likely N-dealkylation sites (N-methyl/N-ethyl adjacent to an activating group) is 1. The average molecular weight is 340 g/mol. The molecule has 1 saturated heterocycles. The fourth-order valence-corrected chi connectivity index (χ4v) is 2.97. The van der Waals surface area contributed by atoms with Crippen molar-refractivity contribution < 1.29 is 14.1 Å². The minimum Gasteiger partial charge on any atom is -0.400 e. The third-order valence-electron chi connectivity index (χ3n) is 5.15. The van der Waals surface area contributed by atoms with Gasteiger partial charge in [-0.15, -0.1) is 0 Å². The number of aldehydes is 1. The highest BCUT2D eigenvalue weighted by Gasteiger charge is 2.52. The Hall–Kier alpha value is -1.89. The van der Waals surface area contributed by atoms with Gasteiger partial charge in [0.2, 0.25) is 0 Å². The van der Waals surface area contributed by atoms with Crippen LogP contribution in [-0.4, -0.2) is 43.2 Å². The van der Waals surface area contributed by atoms with Crippen LogP contribution in [0.2, 0.25) is 0 Å². The van der Waals surface area contributed by atoms with Crippen LogP contribution in [0.5, 0.6) is 0 Å². The van der Waals surface area contributed by atoms with E-state index in [2.05, 4.69) is 44.1 Å². The summed E-state index contributed by atoms with van der Waals surface area (Å²) in [4.78, 5) is 14.2. The summed E-state index contributed by atoms with van der Waals surface area (Å²) in [5, 5.41) is 4.12. The minimum absolute atomic E-state index is 0.368. The number of aromatic nitrogens is 1. The third kappa shape index (κ3) is 3.29. The number of hydrogen-bond donors (Lipinski definition) is 2. The van der Waals surface area contributed by atoms with Crippen molar-refractivity contribution in [2.24, 2.45) is 0 Å². The van der Waals surface area contributed by atoms with Crippen molar-refractivity contribution in [3.05, 3.63) is 41.0 Å². The summed E-state index contributed by atoms with van der Waals surface area (Å²) < 4.78 is 12.4. The molecule has 0 saturated carbocycles. The molecule has 1 aromatic carbocycles. The summed E-state index contributed by atoms with van der Waals surface area (Å²) in [6.45, 7) is 8.87. The molecule has 0 atom stereocenters. The predicted molar refractivity (Wildman–Crippen MR) is 102 cm³/mol. The highest BCUT2D eigenvalue weighted by atomic mass is 16.7. The van der Waals surface area contributed by atoms with Crippen LogP contribution in [0.15, 0.2) is 29.9 Å². The van der Waals surface area contributed by atoms with E-state index in [-0.39, 0.29) is 18.3 Å². The van der Waals surface area contributed by atoms with Gasteiger partial charge in [0.1, 0.15) is 0 Å². The van der Waals surface area contributed by atoms with E-state index >= 15 is 0 Å². The quantitative estimate of drug-likeness (QED) is 0.648. The number of carbonyl (C=O) groups is 1.